The summed E-state index contributed by atoms with van der Waals surface area (Å²) >= 11 is 0. The average molecular weight is 318 g/mol. The zero-order valence-corrected chi connectivity index (χ0v) is 16.0. The monoisotopic (exact) mass is 318 g/mol. The van der Waals surface area contributed by atoms with E-state index in [2.05, 4.69) is 89.7 Å². The van der Waals surface area contributed by atoms with Gasteiger partial charge in [0.25, 0.3) is 0 Å². The predicted molar refractivity (Wildman–Crippen MR) is 104 cm³/mol. The van der Waals surface area contributed by atoms with E-state index in [0.29, 0.717) is 5.92 Å². The third-order valence-electron chi connectivity index (χ3n) is 5.21. The Morgan fingerprint density at radius 3 is 2.25 bits per heavy atom. The minimum atomic E-state index is 0.551. The maximum Gasteiger partial charge on any atom is 0.220 e. The van der Waals surface area contributed by atoms with E-state index in [9.17, 15) is 0 Å². The Morgan fingerprint density at radius 1 is 0.875 bits per heavy atom. The number of rotatable bonds is 2. The van der Waals surface area contributed by atoms with Crippen LogP contribution in [-0.4, -0.2) is 0 Å². The van der Waals surface area contributed by atoms with Crippen LogP contribution in [0.3, 0.4) is 0 Å². The van der Waals surface area contributed by atoms with Gasteiger partial charge in [0.2, 0.25) is 5.69 Å². The minimum absolute atomic E-state index is 0.551. The fraction of sp³-hybridized carbons (Fsp3) is 0.348. The molecule has 0 aliphatic carbocycles. The molecule has 24 heavy (non-hydrogen) atoms. The molecule has 0 atom stereocenters. The Kier molecular flexibility index (Phi) is 4.21. The molecule has 1 heterocycles. The van der Waals surface area contributed by atoms with Crippen molar-refractivity contribution in [3.05, 3.63) is 64.3 Å². The molecule has 0 saturated heterocycles. The van der Waals surface area contributed by atoms with Gasteiger partial charge in [0.1, 0.15) is 7.05 Å². The lowest BCUT2D eigenvalue weighted by Gasteiger charge is -2.14. The van der Waals surface area contributed by atoms with Gasteiger partial charge in [-0.1, -0.05) is 31.5 Å². The molecule has 2 aromatic carbocycles. The second kappa shape index (κ2) is 6.05. The molecule has 1 nitrogen and oxygen atoms in total. The number of aryl methyl sites for hydroxylation is 4. The van der Waals surface area contributed by atoms with Crippen LogP contribution in [0.15, 0.2) is 36.5 Å². The van der Waals surface area contributed by atoms with Crippen LogP contribution >= 0.6 is 0 Å². The van der Waals surface area contributed by atoms with Crippen molar-refractivity contribution in [1.29, 1.82) is 0 Å². The zero-order valence-electron chi connectivity index (χ0n) is 16.0. The quantitative estimate of drug-likeness (QED) is 0.535. The van der Waals surface area contributed by atoms with Gasteiger partial charge in [-0.05, 0) is 73.4 Å². The van der Waals surface area contributed by atoms with Crippen LogP contribution in [0.1, 0.15) is 47.6 Å². The molecule has 0 radical (unpaired) electrons. The predicted octanol–water partition coefficient (Wildman–Crippen LogP) is 5.69. The molecule has 124 valence electrons. The van der Waals surface area contributed by atoms with Gasteiger partial charge in [-0.15, -0.1) is 0 Å². The normalized spacial score (nSPS) is 11.5. The lowest BCUT2D eigenvalue weighted by atomic mass is 9.91. The third-order valence-corrected chi connectivity index (χ3v) is 5.21. The maximum atomic E-state index is 2.37. The molecule has 0 aliphatic rings. The van der Waals surface area contributed by atoms with E-state index in [1.807, 2.05) is 0 Å². The van der Waals surface area contributed by atoms with Crippen molar-refractivity contribution in [2.75, 3.05) is 0 Å². The molecule has 0 saturated carbocycles. The summed E-state index contributed by atoms with van der Waals surface area (Å²) in [7, 11) is 2.15. The lowest BCUT2D eigenvalue weighted by molar-refractivity contribution is -0.659. The third kappa shape index (κ3) is 2.73. The van der Waals surface area contributed by atoms with Crippen molar-refractivity contribution in [2.24, 2.45) is 7.05 Å². The maximum absolute atomic E-state index is 2.37. The van der Waals surface area contributed by atoms with Crippen LogP contribution in [0.25, 0.3) is 22.0 Å². The van der Waals surface area contributed by atoms with E-state index < -0.39 is 0 Å². The summed E-state index contributed by atoms with van der Waals surface area (Å²) in [6.45, 7) is 13.4. The van der Waals surface area contributed by atoms with Gasteiger partial charge >= 0.3 is 0 Å². The molecule has 0 unspecified atom stereocenters. The molecule has 3 aromatic rings. The van der Waals surface area contributed by atoms with E-state index >= 15 is 0 Å². The molecule has 1 heteroatoms. The molecule has 1 aromatic heterocycles. The minimum Gasteiger partial charge on any atom is -0.200 e. The van der Waals surface area contributed by atoms with Crippen LogP contribution in [0.4, 0.5) is 0 Å². The van der Waals surface area contributed by atoms with Crippen molar-refractivity contribution >= 4 is 10.8 Å². The molecule has 0 amide bonds. The number of benzene rings is 2. The molecular formula is C23H28N+. The highest BCUT2D eigenvalue weighted by Crippen LogP contribution is 2.33. The Morgan fingerprint density at radius 2 is 1.58 bits per heavy atom. The molecule has 0 fully saturated rings. The first-order valence-corrected chi connectivity index (χ1v) is 8.80. The summed E-state index contributed by atoms with van der Waals surface area (Å²) in [4.78, 5) is 0. The van der Waals surface area contributed by atoms with Crippen molar-refractivity contribution in [1.82, 2.24) is 0 Å². The first-order chi connectivity index (χ1) is 11.3. The number of aromatic nitrogens is 1. The molecule has 0 bridgehead atoms. The van der Waals surface area contributed by atoms with Gasteiger partial charge in [0.15, 0.2) is 6.20 Å². The van der Waals surface area contributed by atoms with E-state index in [0.717, 1.165) is 0 Å². The van der Waals surface area contributed by atoms with Crippen LogP contribution in [0.2, 0.25) is 0 Å². The number of hydrogen-bond donors (Lipinski definition) is 0. The smallest absolute Gasteiger partial charge is 0.200 e. The fourth-order valence-corrected chi connectivity index (χ4v) is 3.78. The van der Waals surface area contributed by atoms with Crippen LogP contribution in [-0.2, 0) is 7.05 Å². The van der Waals surface area contributed by atoms with Crippen molar-refractivity contribution in [3.63, 3.8) is 0 Å². The van der Waals surface area contributed by atoms with Crippen LogP contribution in [0.5, 0.6) is 0 Å². The number of fused-ring (bicyclic) bond motifs is 1. The van der Waals surface area contributed by atoms with E-state index in [4.69, 9.17) is 0 Å². The van der Waals surface area contributed by atoms with E-state index in [1.165, 1.54) is 49.8 Å². The molecular weight excluding hydrogens is 290 g/mol. The van der Waals surface area contributed by atoms with Crippen molar-refractivity contribution in [3.8, 4) is 11.3 Å². The SMILES string of the molecule is Cc1cc(C)c(C)c(-c2c3cc(C)c(C(C)C)cc3cc[n+]2C)c1. The van der Waals surface area contributed by atoms with Gasteiger partial charge in [0, 0.05) is 6.07 Å². The molecule has 0 spiro atoms. The summed E-state index contributed by atoms with van der Waals surface area (Å²) in [5.41, 5.74) is 9.53. The Hall–Kier alpha value is -2.15. The van der Waals surface area contributed by atoms with Gasteiger partial charge < -0.3 is 0 Å². The van der Waals surface area contributed by atoms with Crippen molar-refractivity contribution < 1.29 is 4.57 Å². The molecule has 0 N–H and O–H groups in total. The highest BCUT2D eigenvalue weighted by molar-refractivity contribution is 5.94. The highest BCUT2D eigenvalue weighted by atomic mass is 14.9. The summed E-state index contributed by atoms with van der Waals surface area (Å²) in [6.07, 6.45) is 2.19. The Balaban J connectivity index is 2.40. The second-order valence-electron chi connectivity index (χ2n) is 7.48. The summed E-state index contributed by atoms with van der Waals surface area (Å²) in [5, 5.41) is 2.67. The Labute approximate surface area is 146 Å². The number of pyridine rings is 1. The molecule has 0 aliphatic heterocycles. The Bertz CT molecular complexity index is 933. The van der Waals surface area contributed by atoms with Gasteiger partial charge in [0.05, 0.1) is 10.9 Å². The largest absolute Gasteiger partial charge is 0.220 e. The van der Waals surface area contributed by atoms with Gasteiger partial charge in [-0.3, -0.25) is 0 Å². The highest BCUT2D eigenvalue weighted by Gasteiger charge is 2.19. The van der Waals surface area contributed by atoms with Crippen molar-refractivity contribution in [2.45, 2.75) is 47.5 Å². The first-order valence-electron chi connectivity index (χ1n) is 8.80. The summed E-state index contributed by atoms with van der Waals surface area (Å²) < 4.78 is 2.26. The zero-order chi connectivity index (χ0) is 17.6. The van der Waals surface area contributed by atoms with E-state index in [1.54, 1.807) is 0 Å². The average Bonchev–Trinajstić information content (AvgIpc) is 2.50. The standard InChI is InChI=1S/C23H28N/c1-14(2)20-13-19-8-9-24(7)23(22(19)12-17(20)5)21-11-15(3)10-16(4)18(21)6/h8-14H,1-7H3/q+1. The van der Waals surface area contributed by atoms with Gasteiger partial charge in [-0.25, -0.2) is 4.57 Å². The van der Waals surface area contributed by atoms with Gasteiger partial charge in [-0.2, -0.15) is 0 Å². The lowest BCUT2D eigenvalue weighted by Crippen LogP contribution is -2.31. The van der Waals surface area contributed by atoms with Crippen LogP contribution < -0.4 is 4.57 Å². The fourth-order valence-electron chi connectivity index (χ4n) is 3.78. The summed E-state index contributed by atoms with van der Waals surface area (Å²) in [5.74, 6) is 0.551. The topological polar surface area (TPSA) is 3.88 Å². The number of hydrogen-bond acceptors (Lipinski definition) is 0. The second-order valence-corrected chi connectivity index (χ2v) is 7.48. The summed E-state index contributed by atoms with van der Waals surface area (Å²) in [6, 6.07) is 11.6. The van der Waals surface area contributed by atoms with Crippen LogP contribution in [0, 0.1) is 27.7 Å². The first kappa shape index (κ1) is 16.7. The molecule has 3 rings (SSSR count). The van der Waals surface area contributed by atoms with E-state index in [-0.39, 0.29) is 0 Å². The number of nitrogens with zero attached hydrogens (tertiary/aromatic N) is 1.